The zero-order valence-electron chi connectivity index (χ0n) is 25.0. The largest absolute Gasteiger partial charge is 0.508 e. The molecule has 2 aromatic carbocycles. The van der Waals surface area contributed by atoms with E-state index >= 15 is 8.78 Å². The molecule has 1 aromatic heterocycles. The number of piperazine rings is 1. The summed E-state index contributed by atoms with van der Waals surface area (Å²) < 4.78 is 89.1. The number of halogens is 5. The van der Waals surface area contributed by atoms with Crippen molar-refractivity contribution >= 4 is 28.0 Å². The van der Waals surface area contributed by atoms with Crippen molar-refractivity contribution in [2.75, 3.05) is 38.3 Å². The van der Waals surface area contributed by atoms with E-state index in [1.165, 1.54) is 19.2 Å². The average Bonchev–Trinajstić information content (AvgIpc) is 3.42. The number of aromatic nitrogens is 2. The highest BCUT2D eigenvalue weighted by Gasteiger charge is 2.71. The zero-order valence-corrected chi connectivity index (χ0v) is 25.0. The van der Waals surface area contributed by atoms with Gasteiger partial charge in [0, 0.05) is 49.7 Å². The van der Waals surface area contributed by atoms with Gasteiger partial charge in [0.1, 0.15) is 35.8 Å². The first-order valence-corrected chi connectivity index (χ1v) is 14.9. The van der Waals surface area contributed by atoms with Crippen LogP contribution in [-0.2, 0) is 4.74 Å². The molecular weight excluding hydrogens is 611 g/mol. The molecule has 3 heterocycles. The number of aromatic hydroxyl groups is 1. The monoisotopic (exact) mass is 642 g/mol. The predicted octanol–water partition coefficient (Wildman–Crippen LogP) is 5.06. The fourth-order valence-corrected chi connectivity index (χ4v) is 7.30. The van der Waals surface area contributed by atoms with Crippen LogP contribution in [0.2, 0.25) is 0 Å². The predicted molar refractivity (Wildman–Crippen MR) is 159 cm³/mol. The summed E-state index contributed by atoms with van der Waals surface area (Å²) in [5.74, 6) is -3.11. The number of terminal acetylenes is 1. The number of anilines is 1. The highest BCUT2D eigenvalue weighted by Crippen LogP contribution is 2.60. The molecule has 3 aromatic rings. The first-order valence-electron chi connectivity index (χ1n) is 14.9. The first kappa shape index (κ1) is 30.7. The minimum absolute atomic E-state index is 0.00193. The molecule has 8 nitrogen and oxygen atoms in total. The summed E-state index contributed by atoms with van der Waals surface area (Å²) in [6, 6.07) is 4.56. The van der Waals surface area contributed by atoms with Crippen LogP contribution in [0.3, 0.4) is 0 Å². The average molecular weight is 643 g/mol. The molecule has 2 aliphatic carbocycles. The first-order chi connectivity index (χ1) is 21.8. The summed E-state index contributed by atoms with van der Waals surface area (Å²) in [4.78, 5) is 10.6. The number of nitrogens with one attached hydrogen (secondary N) is 1. The number of rotatable bonds is 7. The number of fused-ring (bicyclic) bond motifs is 4. The van der Waals surface area contributed by atoms with Crippen LogP contribution in [0.5, 0.6) is 11.8 Å². The van der Waals surface area contributed by atoms with Crippen molar-refractivity contribution in [3.63, 3.8) is 0 Å². The van der Waals surface area contributed by atoms with Crippen molar-refractivity contribution in [3.05, 3.63) is 52.5 Å². The van der Waals surface area contributed by atoms with Crippen molar-refractivity contribution in [2.45, 2.75) is 56.0 Å². The number of methoxy groups -OCH3 is 1. The smallest absolute Gasteiger partial charge is 0.319 e. The number of phenolic OH excluding ortho intramolecular Hbond substituents is 1. The van der Waals surface area contributed by atoms with E-state index in [1.54, 1.807) is 0 Å². The van der Waals surface area contributed by atoms with Gasteiger partial charge in [-0.2, -0.15) is 9.97 Å². The lowest BCUT2D eigenvalue weighted by molar-refractivity contribution is 0.00124. The Bertz CT molecular complexity index is 1830. The van der Waals surface area contributed by atoms with Gasteiger partial charge in [0.2, 0.25) is 0 Å². The molecule has 2 aliphatic heterocycles. The molecule has 0 amide bonds. The van der Waals surface area contributed by atoms with Crippen LogP contribution < -0.4 is 15.0 Å². The normalized spacial score (nSPS) is 29.5. The Balaban J connectivity index is 1.47. The van der Waals surface area contributed by atoms with Crippen LogP contribution in [0.4, 0.5) is 27.8 Å². The summed E-state index contributed by atoms with van der Waals surface area (Å²) >= 11 is 0. The lowest BCUT2D eigenvalue weighted by atomic mass is 9.76. The Morgan fingerprint density at radius 3 is 2.43 bits per heavy atom. The second-order valence-corrected chi connectivity index (χ2v) is 12.8. The highest BCUT2D eigenvalue weighted by molar-refractivity contribution is 6.06. The van der Waals surface area contributed by atoms with Gasteiger partial charge in [0.25, 0.3) is 5.92 Å². The summed E-state index contributed by atoms with van der Waals surface area (Å²) in [6.45, 7) is 0.507. The standard InChI is InChI=1S/C33H31F5N4O4/c1-4-20-22(34)8-5-16-9-19(44)10-21(23(16)20)25-26(35)27-24(28(45-3)31(25,2)36)29(42-11-17-6-7-18(12-42)39-17)41-30(40-27)46-15-32(14-43)13-33(32,37)38/h1,5,8-10,17-18,28,39,43-44H,6-7,11-15H2,2-3H3. The molecule has 3 N–H and O–H groups in total. The summed E-state index contributed by atoms with van der Waals surface area (Å²) in [5, 5.41) is 24.0. The van der Waals surface area contributed by atoms with Crippen molar-refractivity contribution in [3.8, 4) is 24.1 Å². The van der Waals surface area contributed by atoms with Crippen LogP contribution in [0.15, 0.2) is 24.3 Å². The zero-order chi connectivity index (χ0) is 32.8. The number of ether oxygens (including phenoxy) is 2. The van der Waals surface area contributed by atoms with E-state index in [9.17, 15) is 23.4 Å². The van der Waals surface area contributed by atoms with E-state index < -0.39 is 71.7 Å². The van der Waals surface area contributed by atoms with Gasteiger partial charge < -0.3 is 29.9 Å². The van der Waals surface area contributed by atoms with Gasteiger partial charge in [-0.3, -0.25) is 0 Å². The van der Waals surface area contributed by atoms with Crippen LogP contribution >= 0.6 is 0 Å². The fourth-order valence-electron chi connectivity index (χ4n) is 7.30. The van der Waals surface area contributed by atoms with Gasteiger partial charge >= 0.3 is 6.01 Å². The molecule has 242 valence electrons. The number of nitrogens with zero attached hydrogens (tertiary/aromatic N) is 3. The van der Waals surface area contributed by atoms with Gasteiger partial charge in [0.05, 0.1) is 23.1 Å². The quantitative estimate of drug-likeness (QED) is 0.243. The molecule has 13 heteroatoms. The van der Waals surface area contributed by atoms with Crippen molar-refractivity contribution < 1.29 is 41.6 Å². The summed E-state index contributed by atoms with van der Waals surface area (Å²) in [6.07, 6.45) is 5.30. The van der Waals surface area contributed by atoms with Crippen LogP contribution in [0.25, 0.3) is 22.2 Å². The second kappa shape index (κ2) is 10.5. The second-order valence-electron chi connectivity index (χ2n) is 12.8. The molecule has 4 aliphatic rings. The van der Waals surface area contributed by atoms with E-state index in [4.69, 9.17) is 15.9 Å². The number of phenols is 1. The SMILES string of the molecule is C#Cc1c(F)ccc2cc(O)cc(C3=C(F)c4nc(OCC5(CO)CC5(F)F)nc(N5CC6CCC(C5)N6)c4C(OC)C3(C)F)c12. The third kappa shape index (κ3) is 4.52. The molecule has 7 rings (SSSR count). The molecule has 2 saturated heterocycles. The molecule has 3 fully saturated rings. The van der Waals surface area contributed by atoms with E-state index in [0.717, 1.165) is 31.9 Å². The molecule has 5 unspecified atom stereocenters. The molecule has 5 atom stereocenters. The Kier molecular flexibility index (Phi) is 7.01. The summed E-state index contributed by atoms with van der Waals surface area (Å²) in [7, 11) is 1.25. The van der Waals surface area contributed by atoms with E-state index in [2.05, 4.69) is 21.2 Å². The minimum Gasteiger partial charge on any atom is -0.508 e. The topological polar surface area (TPSA) is 100.0 Å². The molecule has 46 heavy (non-hydrogen) atoms. The van der Waals surface area contributed by atoms with Crippen molar-refractivity contribution in [1.82, 2.24) is 15.3 Å². The number of aliphatic hydroxyl groups is 1. The molecule has 2 bridgehead atoms. The molecule has 1 saturated carbocycles. The fraction of sp³-hybridized carbons (Fsp3) is 0.455. The number of alkyl halides is 3. The number of hydrogen-bond acceptors (Lipinski definition) is 8. The third-order valence-electron chi connectivity index (χ3n) is 9.78. The Hall–Kier alpha value is -3.99. The van der Waals surface area contributed by atoms with Crippen LogP contribution in [-0.4, -0.2) is 77.3 Å². The Morgan fingerprint density at radius 1 is 1.13 bits per heavy atom. The molecule has 0 spiro atoms. The van der Waals surface area contributed by atoms with E-state index in [1.807, 2.05) is 4.90 Å². The maximum atomic E-state index is 17.4. The molecule has 0 radical (unpaired) electrons. The van der Waals surface area contributed by atoms with Crippen LogP contribution in [0, 0.1) is 23.6 Å². The minimum atomic E-state index is -3.16. The maximum absolute atomic E-state index is 17.4. The lowest BCUT2D eigenvalue weighted by Crippen LogP contribution is -2.52. The van der Waals surface area contributed by atoms with Gasteiger partial charge in [-0.15, -0.1) is 6.42 Å². The number of benzene rings is 2. The summed E-state index contributed by atoms with van der Waals surface area (Å²) in [5.41, 5.74) is -5.96. The number of aliphatic hydroxyl groups excluding tert-OH is 1. The van der Waals surface area contributed by atoms with Gasteiger partial charge in [-0.25, -0.2) is 22.0 Å². The number of hydrogen-bond donors (Lipinski definition) is 3. The molecular formula is C33H31F5N4O4. The van der Waals surface area contributed by atoms with Crippen molar-refractivity contribution in [2.24, 2.45) is 5.41 Å². The van der Waals surface area contributed by atoms with E-state index in [-0.39, 0.29) is 51.1 Å². The Morgan fingerprint density at radius 2 is 1.83 bits per heavy atom. The highest BCUT2D eigenvalue weighted by atomic mass is 19.3. The van der Waals surface area contributed by atoms with Crippen molar-refractivity contribution in [1.29, 1.82) is 0 Å². The van der Waals surface area contributed by atoms with Gasteiger partial charge in [-0.1, -0.05) is 12.0 Å². The lowest BCUT2D eigenvalue weighted by Gasteiger charge is -2.41. The van der Waals surface area contributed by atoms with E-state index in [0.29, 0.717) is 13.1 Å². The van der Waals surface area contributed by atoms with Gasteiger partial charge in [-0.05, 0) is 48.9 Å². The maximum Gasteiger partial charge on any atom is 0.319 e. The third-order valence-corrected chi connectivity index (χ3v) is 9.78. The van der Waals surface area contributed by atoms with Crippen LogP contribution in [0.1, 0.15) is 54.7 Å². The Labute approximate surface area is 261 Å². The van der Waals surface area contributed by atoms with Gasteiger partial charge in [0.15, 0.2) is 11.5 Å².